The summed E-state index contributed by atoms with van der Waals surface area (Å²) in [7, 11) is 0. The molecule has 0 rings (SSSR count). The van der Waals surface area contributed by atoms with E-state index < -0.39 is 10.5 Å². The van der Waals surface area contributed by atoms with Gasteiger partial charge in [0.25, 0.3) is 0 Å². The number of rotatable bonds is 5. The molecule has 0 aliphatic heterocycles. The van der Waals surface area contributed by atoms with Crippen LogP contribution in [0.3, 0.4) is 0 Å². The van der Waals surface area contributed by atoms with E-state index in [2.05, 4.69) is 10.3 Å². The third-order valence-electron chi connectivity index (χ3n) is 1.67. The minimum Gasteiger partial charge on any atom is -0.411 e. The van der Waals surface area contributed by atoms with Gasteiger partial charge < -0.3 is 10.4 Å². The van der Waals surface area contributed by atoms with Crippen molar-refractivity contribution in [1.29, 1.82) is 0 Å². The van der Waals surface area contributed by atoms with Gasteiger partial charge in [0.05, 0.1) is 25.3 Å². The average molecular weight is 189 g/mol. The van der Waals surface area contributed by atoms with Crippen molar-refractivity contribution in [3.8, 4) is 0 Å². The summed E-state index contributed by atoms with van der Waals surface area (Å²) in [4.78, 5) is 10.0. The van der Waals surface area contributed by atoms with Crippen molar-refractivity contribution >= 4 is 12.4 Å². The molecular formula is C6H11N3O4. The lowest BCUT2D eigenvalue weighted by atomic mass is 9.96. The molecule has 13 heavy (non-hydrogen) atoms. The number of oxime groups is 2. The van der Waals surface area contributed by atoms with Crippen LogP contribution in [0.5, 0.6) is 0 Å². The zero-order valence-corrected chi connectivity index (χ0v) is 7.12. The van der Waals surface area contributed by atoms with Crippen LogP contribution in [-0.4, -0.2) is 33.3 Å². The van der Waals surface area contributed by atoms with Crippen LogP contribution in [0.4, 0.5) is 0 Å². The Hall–Kier alpha value is -1.66. The zero-order valence-electron chi connectivity index (χ0n) is 7.12. The maximum Gasteiger partial charge on any atom is 0.229 e. The Kier molecular flexibility index (Phi) is 4.42. The molecule has 0 aromatic rings. The molecular weight excluding hydrogens is 178 g/mol. The van der Waals surface area contributed by atoms with Crippen LogP contribution in [0, 0.1) is 10.1 Å². The van der Waals surface area contributed by atoms with Gasteiger partial charge in [0.2, 0.25) is 5.54 Å². The summed E-state index contributed by atoms with van der Waals surface area (Å²) in [6.45, 7) is 1.37. The first-order valence-electron chi connectivity index (χ1n) is 3.53. The van der Waals surface area contributed by atoms with E-state index in [9.17, 15) is 10.1 Å². The smallest absolute Gasteiger partial charge is 0.229 e. The average Bonchev–Trinajstić information content (AvgIpc) is 2.11. The predicted molar refractivity (Wildman–Crippen MR) is 45.2 cm³/mol. The van der Waals surface area contributed by atoms with Gasteiger partial charge in [-0.15, -0.1) is 10.3 Å². The van der Waals surface area contributed by atoms with Gasteiger partial charge in [-0.3, -0.25) is 10.1 Å². The largest absolute Gasteiger partial charge is 0.411 e. The Bertz CT molecular complexity index is 212. The van der Waals surface area contributed by atoms with Crippen molar-refractivity contribution in [2.45, 2.75) is 25.3 Å². The minimum atomic E-state index is -1.29. The summed E-state index contributed by atoms with van der Waals surface area (Å²) in [5, 5.41) is 32.1. The molecule has 0 saturated heterocycles. The molecule has 0 aliphatic carbocycles. The van der Waals surface area contributed by atoms with Gasteiger partial charge in [-0.1, -0.05) is 0 Å². The van der Waals surface area contributed by atoms with E-state index in [4.69, 9.17) is 10.4 Å². The first-order valence-corrected chi connectivity index (χ1v) is 3.53. The summed E-state index contributed by atoms with van der Waals surface area (Å²) in [5.74, 6) is 0. The van der Waals surface area contributed by atoms with E-state index in [1.54, 1.807) is 0 Å². The monoisotopic (exact) mass is 189 g/mol. The first-order chi connectivity index (χ1) is 6.06. The Morgan fingerprint density at radius 2 is 1.77 bits per heavy atom. The second kappa shape index (κ2) is 5.07. The van der Waals surface area contributed by atoms with Crippen LogP contribution in [0.15, 0.2) is 10.3 Å². The Balaban J connectivity index is 4.42. The minimum absolute atomic E-state index is 0.0253. The molecule has 0 aliphatic rings. The number of nitro groups is 1. The molecule has 0 fully saturated rings. The van der Waals surface area contributed by atoms with Gasteiger partial charge in [-0.05, 0) is 0 Å². The van der Waals surface area contributed by atoms with Crippen molar-refractivity contribution in [1.82, 2.24) is 0 Å². The molecule has 0 bridgehead atoms. The van der Waals surface area contributed by atoms with Crippen LogP contribution < -0.4 is 0 Å². The van der Waals surface area contributed by atoms with Crippen molar-refractivity contribution in [2.24, 2.45) is 10.3 Å². The van der Waals surface area contributed by atoms with E-state index >= 15 is 0 Å². The highest BCUT2D eigenvalue weighted by atomic mass is 16.6. The van der Waals surface area contributed by atoms with E-state index in [1.165, 1.54) is 6.92 Å². The molecule has 0 aromatic carbocycles. The summed E-state index contributed by atoms with van der Waals surface area (Å²) in [6, 6.07) is 0. The highest BCUT2D eigenvalue weighted by molar-refractivity contribution is 5.62. The van der Waals surface area contributed by atoms with Gasteiger partial charge in [0.15, 0.2) is 0 Å². The van der Waals surface area contributed by atoms with Crippen LogP contribution >= 0.6 is 0 Å². The summed E-state index contributed by atoms with van der Waals surface area (Å²) >= 11 is 0. The normalized spacial score (nSPS) is 12.7. The second-order valence-electron chi connectivity index (χ2n) is 2.76. The van der Waals surface area contributed by atoms with E-state index in [-0.39, 0.29) is 12.8 Å². The van der Waals surface area contributed by atoms with Crippen molar-refractivity contribution < 1.29 is 15.3 Å². The van der Waals surface area contributed by atoms with Crippen LogP contribution in [-0.2, 0) is 0 Å². The fourth-order valence-corrected chi connectivity index (χ4v) is 0.707. The van der Waals surface area contributed by atoms with E-state index in [0.717, 1.165) is 12.4 Å². The molecule has 74 valence electrons. The quantitative estimate of drug-likeness (QED) is 0.287. The molecule has 0 amide bonds. The van der Waals surface area contributed by atoms with Gasteiger partial charge in [0, 0.05) is 11.8 Å². The standard InChI is InChI=1S/C6H11N3O4/c1-6(9(12)13,2-4-7-10)3-5-8-11/h4-5,10-11H,2-3H2,1H3/b7-4+,8-5+. The van der Waals surface area contributed by atoms with E-state index in [0.29, 0.717) is 0 Å². The highest BCUT2D eigenvalue weighted by Gasteiger charge is 2.35. The van der Waals surface area contributed by atoms with Crippen molar-refractivity contribution in [3.05, 3.63) is 10.1 Å². The summed E-state index contributed by atoms with van der Waals surface area (Å²) in [6.07, 6.45) is 2.02. The van der Waals surface area contributed by atoms with Crippen molar-refractivity contribution in [3.63, 3.8) is 0 Å². The topological polar surface area (TPSA) is 108 Å². The molecule has 0 heterocycles. The molecule has 7 heteroatoms. The highest BCUT2D eigenvalue weighted by Crippen LogP contribution is 2.16. The number of hydrogen-bond donors (Lipinski definition) is 2. The lowest BCUT2D eigenvalue weighted by molar-refractivity contribution is -0.561. The van der Waals surface area contributed by atoms with Gasteiger partial charge >= 0.3 is 0 Å². The number of hydrogen-bond acceptors (Lipinski definition) is 6. The third kappa shape index (κ3) is 3.50. The fourth-order valence-electron chi connectivity index (χ4n) is 0.707. The van der Waals surface area contributed by atoms with Crippen LogP contribution in [0.2, 0.25) is 0 Å². The molecule has 0 aromatic heterocycles. The molecule has 0 atom stereocenters. The first kappa shape index (κ1) is 11.3. The van der Waals surface area contributed by atoms with Crippen LogP contribution in [0.1, 0.15) is 19.8 Å². The molecule has 0 spiro atoms. The Morgan fingerprint density at radius 3 is 2.00 bits per heavy atom. The fraction of sp³-hybridized carbons (Fsp3) is 0.667. The molecule has 7 nitrogen and oxygen atoms in total. The summed E-state index contributed by atoms with van der Waals surface area (Å²) in [5.41, 5.74) is -1.29. The zero-order chi connectivity index (χ0) is 10.3. The SMILES string of the molecule is CC(C/C=N/O)(C/C=N/O)[N+](=O)[O-]. The van der Waals surface area contributed by atoms with Gasteiger partial charge in [-0.2, -0.15) is 0 Å². The summed E-state index contributed by atoms with van der Waals surface area (Å²) < 4.78 is 0. The van der Waals surface area contributed by atoms with Gasteiger partial charge in [0.1, 0.15) is 0 Å². The third-order valence-corrected chi connectivity index (χ3v) is 1.67. The maximum atomic E-state index is 10.6. The van der Waals surface area contributed by atoms with E-state index in [1.807, 2.05) is 0 Å². The predicted octanol–water partition coefficient (Wildman–Crippen LogP) is 0.722. The molecule has 0 radical (unpaired) electrons. The second-order valence-corrected chi connectivity index (χ2v) is 2.76. The Labute approximate surface area is 74.5 Å². The number of nitrogens with zero attached hydrogens (tertiary/aromatic N) is 3. The molecule has 0 unspecified atom stereocenters. The maximum absolute atomic E-state index is 10.6. The molecule has 0 saturated carbocycles. The van der Waals surface area contributed by atoms with Crippen LogP contribution in [0.25, 0.3) is 0 Å². The lowest BCUT2D eigenvalue weighted by Crippen LogP contribution is -2.35. The van der Waals surface area contributed by atoms with Gasteiger partial charge in [-0.25, -0.2) is 0 Å². The Morgan fingerprint density at radius 1 is 1.38 bits per heavy atom. The molecule has 2 N–H and O–H groups in total. The van der Waals surface area contributed by atoms with Crippen molar-refractivity contribution in [2.75, 3.05) is 0 Å². The lowest BCUT2D eigenvalue weighted by Gasteiger charge is -2.15.